The number of nitrogens with zero attached hydrogens (tertiary/aromatic N) is 1. The van der Waals surface area contributed by atoms with E-state index in [1.54, 1.807) is 6.20 Å². The molecule has 1 fully saturated rings. The van der Waals surface area contributed by atoms with Gasteiger partial charge in [0, 0.05) is 18.9 Å². The normalized spacial score (nSPS) is 19.0. The first-order valence-electron chi connectivity index (χ1n) is 6.71. The summed E-state index contributed by atoms with van der Waals surface area (Å²) in [7, 11) is 0. The summed E-state index contributed by atoms with van der Waals surface area (Å²) < 4.78 is -0.867. The molecule has 1 aliphatic rings. The highest BCUT2D eigenvalue weighted by molar-refractivity contribution is 6.52. The lowest BCUT2D eigenvalue weighted by atomic mass is 10.1. The summed E-state index contributed by atoms with van der Waals surface area (Å²) in [6.45, 7) is 0.479. The molecule has 0 unspecified atom stereocenters. The predicted molar refractivity (Wildman–Crippen MR) is 84.1 cm³/mol. The number of pyridine rings is 1. The number of hydrogen-bond acceptors (Lipinski definition) is 2. The molecule has 3 nitrogen and oxygen atoms in total. The Hall–Kier alpha value is -1.58. The minimum absolute atomic E-state index is 0.0867. The van der Waals surface area contributed by atoms with Gasteiger partial charge in [-0.25, -0.2) is 0 Å². The quantitative estimate of drug-likeness (QED) is 0.875. The van der Waals surface area contributed by atoms with Gasteiger partial charge < -0.3 is 5.32 Å². The van der Waals surface area contributed by atoms with Crippen LogP contribution in [0.1, 0.15) is 12.0 Å². The second kappa shape index (κ2) is 5.66. The van der Waals surface area contributed by atoms with Crippen molar-refractivity contribution in [2.75, 3.05) is 0 Å². The fraction of sp³-hybridized carbons (Fsp3) is 0.250. The van der Waals surface area contributed by atoms with E-state index in [-0.39, 0.29) is 11.8 Å². The summed E-state index contributed by atoms with van der Waals surface area (Å²) in [5, 5.41) is 2.86. The van der Waals surface area contributed by atoms with Crippen molar-refractivity contribution in [3.63, 3.8) is 0 Å². The number of rotatable bonds is 4. The number of carbonyl (C=O) groups excluding carboxylic acids is 1. The Balaban J connectivity index is 1.59. The average Bonchev–Trinajstić information content (AvgIpc) is 3.15. The summed E-state index contributed by atoms with van der Waals surface area (Å²) >= 11 is 11.7. The summed E-state index contributed by atoms with van der Waals surface area (Å²) in [5.41, 5.74) is 3.20. The van der Waals surface area contributed by atoms with Crippen LogP contribution >= 0.6 is 23.2 Å². The molecule has 1 aliphatic carbocycles. The number of alkyl halides is 2. The zero-order valence-corrected chi connectivity index (χ0v) is 12.7. The van der Waals surface area contributed by atoms with Gasteiger partial charge in [-0.1, -0.05) is 30.3 Å². The maximum atomic E-state index is 11.8. The third-order valence-electron chi connectivity index (χ3n) is 3.56. The van der Waals surface area contributed by atoms with Gasteiger partial charge in [0.1, 0.15) is 4.33 Å². The summed E-state index contributed by atoms with van der Waals surface area (Å²) in [4.78, 5) is 15.9. The molecule has 2 aromatic rings. The van der Waals surface area contributed by atoms with Gasteiger partial charge in [-0.3, -0.25) is 9.78 Å². The van der Waals surface area contributed by atoms with Crippen molar-refractivity contribution in [1.82, 2.24) is 10.3 Å². The van der Waals surface area contributed by atoms with Crippen molar-refractivity contribution >= 4 is 29.1 Å². The van der Waals surface area contributed by atoms with Gasteiger partial charge in [-0.2, -0.15) is 0 Å². The molecule has 5 heteroatoms. The van der Waals surface area contributed by atoms with Crippen LogP contribution in [0, 0.1) is 5.92 Å². The molecule has 1 heterocycles. The Labute approximate surface area is 133 Å². The van der Waals surface area contributed by atoms with Gasteiger partial charge >= 0.3 is 0 Å². The monoisotopic (exact) mass is 320 g/mol. The minimum atomic E-state index is -0.867. The van der Waals surface area contributed by atoms with E-state index in [0.29, 0.717) is 13.0 Å². The smallest absolute Gasteiger partial charge is 0.226 e. The van der Waals surface area contributed by atoms with E-state index in [9.17, 15) is 4.79 Å². The number of amides is 1. The standard InChI is InChI=1S/C16H14Cl2N2O/c17-16(18)8-14(16)15(21)20-9-11-3-5-12(6-4-11)13-2-1-7-19-10-13/h1-7,10,14H,8-9H2,(H,20,21)/t14-/m1/s1. The predicted octanol–water partition coefficient (Wildman–Crippen LogP) is 3.56. The topological polar surface area (TPSA) is 42.0 Å². The Bertz CT molecular complexity index is 641. The second-order valence-electron chi connectivity index (χ2n) is 5.17. The molecule has 21 heavy (non-hydrogen) atoms. The van der Waals surface area contributed by atoms with Crippen molar-refractivity contribution in [3.8, 4) is 11.1 Å². The Morgan fingerprint density at radius 3 is 2.52 bits per heavy atom. The molecule has 0 spiro atoms. The van der Waals surface area contributed by atoms with Crippen molar-refractivity contribution < 1.29 is 4.79 Å². The van der Waals surface area contributed by atoms with Crippen LogP contribution < -0.4 is 5.32 Å². The summed E-state index contributed by atoms with van der Waals surface area (Å²) in [6, 6.07) is 11.9. The van der Waals surface area contributed by atoms with E-state index in [0.717, 1.165) is 16.7 Å². The number of hydrogen-bond donors (Lipinski definition) is 1. The molecular weight excluding hydrogens is 307 g/mol. The Kier molecular flexibility index (Phi) is 3.87. The van der Waals surface area contributed by atoms with E-state index in [1.807, 2.05) is 42.6 Å². The lowest BCUT2D eigenvalue weighted by Crippen LogP contribution is -2.26. The number of benzene rings is 1. The van der Waals surface area contributed by atoms with Crippen molar-refractivity contribution in [2.45, 2.75) is 17.3 Å². The molecule has 0 bridgehead atoms. The maximum absolute atomic E-state index is 11.8. The fourth-order valence-electron chi connectivity index (χ4n) is 2.16. The molecule has 0 aliphatic heterocycles. The first-order valence-corrected chi connectivity index (χ1v) is 7.47. The van der Waals surface area contributed by atoms with Crippen LogP contribution in [-0.4, -0.2) is 15.2 Å². The van der Waals surface area contributed by atoms with Crippen LogP contribution in [0.25, 0.3) is 11.1 Å². The van der Waals surface area contributed by atoms with Gasteiger partial charge in [0.25, 0.3) is 0 Å². The number of halogens is 2. The van der Waals surface area contributed by atoms with E-state index < -0.39 is 4.33 Å². The second-order valence-corrected chi connectivity index (χ2v) is 6.72. The highest BCUT2D eigenvalue weighted by atomic mass is 35.5. The Morgan fingerprint density at radius 2 is 1.95 bits per heavy atom. The van der Waals surface area contributed by atoms with Gasteiger partial charge in [0.2, 0.25) is 5.91 Å². The molecule has 1 aromatic carbocycles. The van der Waals surface area contributed by atoms with Crippen LogP contribution in [0.15, 0.2) is 48.8 Å². The molecule has 1 saturated carbocycles. The molecular formula is C16H14Cl2N2O. The third kappa shape index (κ3) is 3.36. The van der Waals surface area contributed by atoms with Gasteiger partial charge in [-0.15, -0.1) is 23.2 Å². The first kappa shape index (κ1) is 14.4. The zero-order valence-electron chi connectivity index (χ0n) is 11.2. The first-order chi connectivity index (χ1) is 10.1. The van der Waals surface area contributed by atoms with Crippen molar-refractivity contribution in [3.05, 3.63) is 54.4 Å². The Morgan fingerprint density at radius 1 is 1.24 bits per heavy atom. The SMILES string of the molecule is O=C(NCc1ccc(-c2cccnc2)cc1)[C@H]1CC1(Cl)Cl. The third-order valence-corrected chi connectivity index (χ3v) is 4.39. The van der Waals surface area contributed by atoms with Gasteiger partial charge in [0.15, 0.2) is 0 Å². The highest BCUT2D eigenvalue weighted by Crippen LogP contribution is 2.53. The number of carbonyl (C=O) groups is 1. The highest BCUT2D eigenvalue weighted by Gasteiger charge is 2.56. The minimum Gasteiger partial charge on any atom is -0.352 e. The lowest BCUT2D eigenvalue weighted by Gasteiger charge is -2.07. The summed E-state index contributed by atoms with van der Waals surface area (Å²) in [6.07, 6.45) is 4.10. The van der Waals surface area contributed by atoms with Gasteiger partial charge in [0.05, 0.1) is 5.92 Å². The number of nitrogens with one attached hydrogen (secondary N) is 1. The molecule has 3 rings (SSSR count). The van der Waals surface area contributed by atoms with Crippen LogP contribution in [0.3, 0.4) is 0 Å². The maximum Gasteiger partial charge on any atom is 0.226 e. The lowest BCUT2D eigenvalue weighted by molar-refractivity contribution is -0.122. The van der Waals surface area contributed by atoms with Crippen molar-refractivity contribution in [2.24, 2.45) is 5.92 Å². The number of aromatic nitrogens is 1. The molecule has 1 aromatic heterocycles. The van der Waals surface area contributed by atoms with E-state index in [2.05, 4.69) is 10.3 Å². The molecule has 108 valence electrons. The molecule has 0 radical (unpaired) electrons. The largest absolute Gasteiger partial charge is 0.352 e. The van der Waals surface area contributed by atoms with Crippen LogP contribution in [0.4, 0.5) is 0 Å². The van der Waals surface area contributed by atoms with E-state index in [4.69, 9.17) is 23.2 Å². The van der Waals surface area contributed by atoms with Crippen LogP contribution in [-0.2, 0) is 11.3 Å². The van der Waals surface area contributed by atoms with Gasteiger partial charge in [-0.05, 0) is 29.2 Å². The van der Waals surface area contributed by atoms with E-state index in [1.165, 1.54) is 0 Å². The van der Waals surface area contributed by atoms with Crippen molar-refractivity contribution in [1.29, 1.82) is 0 Å². The van der Waals surface area contributed by atoms with E-state index >= 15 is 0 Å². The molecule has 1 N–H and O–H groups in total. The molecule has 1 amide bonds. The van der Waals surface area contributed by atoms with Crippen LogP contribution in [0.5, 0.6) is 0 Å². The zero-order chi connectivity index (χ0) is 14.9. The average molecular weight is 321 g/mol. The fourth-order valence-corrected chi connectivity index (χ4v) is 2.67. The molecule has 1 atom stereocenters. The van der Waals surface area contributed by atoms with Crippen LogP contribution in [0.2, 0.25) is 0 Å². The summed E-state index contributed by atoms with van der Waals surface area (Å²) in [5.74, 6) is -0.369. The molecule has 0 saturated heterocycles.